The maximum atomic E-state index is 13.2. The molecule has 0 amide bonds. The van der Waals surface area contributed by atoms with Crippen LogP contribution in [-0.2, 0) is 32.5 Å². The molecule has 0 spiro atoms. The average molecular weight is 404 g/mol. The molecule has 0 atom stereocenters. The molecule has 0 aromatic heterocycles. The smallest absolute Gasteiger partial charge is 0.307 e. The fraction of sp³-hybridized carbons (Fsp3) is 0.409. The SMILES string of the molecule is CCCCc1ccc(S(=O)(=O)N(CCC(=O)OCC)Cc2ccccc2)cc1. The number of unbranched alkanes of at least 4 members (excludes halogenated alkanes) is 1. The number of carbonyl (C=O) groups is 1. The van der Waals surface area contributed by atoms with Crippen LogP contribution in [0.15, 0.2) is 59.5 Å². The molecule has 0 fully saturated rings. The lowest BCUT2D eigenvalue weighted by molar-refractivity contribution is -0.143. The summed E-state index contributed by atoms with van der Waals surface area (Å²) >= 11 is 0. The summed E-state index contributed by atoms with van der Waals surface area (Å²) in [7, 11) is -3.72. The van der Waals surface area contributed by atoms with Crippen LogP contribution < -0.4 is 0 Å². The van der Waals surface area contributed by atoms with E-state index in [1.165, 1.54) is 4.31 Å². The Morgan fingerprint density at radius 2 is 1.64 bits per heavy atom. The van der Waals surface area contributed by atoms with Crippen LogP contribution in [0.3, 0.4) is 0 Å². The molecular formula is C22H29NO4S. The number of esters is 1. The van der Waals surface area contributed by atoms with Crippen LogP contribution in [0.5, 0.6) is 0 Å². The number of rotatable bonds is 11. The number of aryl methyl sites for hydroxylation is 1. The van der Waals surface area contributed by atoms with Gasteiger partial charge in [0.05, 0.1) is 17.9 Å². The summed E-state index contributed by atoms with van der Waals surface area (Å²) in [6.07, 6.45) is 3.13. The van der Waals surface area contributed by atoms with Gasteiger partial charge in [0.15, 0.2) is 0 Å². The van der Waals surface area contributed by atoms with Crippen LogP contribution >= 0.6 is 0 Å². The fourth-order valence-electron chi connectivity index (χ4n) is 2.88. The number of nitrogens with zero attached hydrogens (tertiary/aromatic N) is 1. The zero-order chi connectivity index (χ0) is 20.4. The molecule has 0 bridgehead atoms. The lowest BCUT2D eigenvalue weighted by Gasteiger charge is -2.22. The fourth-order valence-corrected chi connectivity index (χ4v) is 4.31. The Labute approximate surface area is 168 Å². The quantitative estimate of drug-likeness (QED) is 0.528. The highest BCUT2D eigenvalue weighted by Gasteiger charge is 2.25. The Kier molecular flexibility index (Phi) is 8.67. The minimum atomic E-state index is -3.72. The van der Waals surface area contributed by atoms with Gasteiger partial charge in [0, 0.05) is 13.1 Å². The third-order valence-electron chi connectivity index (χ3n) is 4.45. The second kappa shape index (κ2) is 11.0. The van der Waals surface area contributed by atoms with Gasteiger partial charge in [-0.1, -0.05) is 55.8 Å². The lowest BCUT2D eigenvalue weighted by atomic mass is 10.1. The highest BCUT2D eigenvalue weighted by atomic mass is 32.2. The third kappa shape index (κ3) is 6.46. The van der Waals surface area contributed by atoms with E-state index < -0.39 is 16.0 Å². The molecule has 0 heterocycles. The third-order valence-corrected chi connectivity index (χ3v) is 6.31. The van der Waals surface area contributed by atoms with Crippen LogP contribution in [-0.4, -0.2) is 31.8 Å². The maximum absolute atomic E-state index is 13.2. The van der Waals surface area contributed by atoms with Gasteiger partial charge in [-0.3, -0.25) is 4.79 Å². The first-order chi connectivity index (χ1) is 13.5. The van der Waals surface area contributed by atoms with Gasteiger partial charge in [0.2, 0.25) is 10.0 Å². The Morgan fingerprint density at radius 3 is 2.25 bits per heavy atom. The van der Waals surface area contributed by atoms with Gasteiger partial charge in [-0.05, 0) is 43.0 Å². The standard InChI is InChI=1S/C22H29NO4S/c1-3-5-9-19-12-14-21(15-13-19)28(25,26)23(17-16-22(24)27-4-2)18-20-10-7-6-8-11-20/h6-8,10-15H,3-5,9,16-18H2,1-2H3. The number of benzene rings is 2. The van der Waals surface area contributed by atoms with Crippen LogP contribution in [0.25, 0.3) is 0 Å². The summed E-state index contributed by atoms with van der Waals surface area (Å²) in [6.45, 7) is 4.43. The van der Waals surface area contributed by atoms with Crippen molar-refractivity contribution in [2.45, 2.75) is 51.0 Å². The molecule has 2 aromatic rings. The first-order valence-corrected chi connectivity index (χ1v) is 11.2. The largest absolute Gasteiger partial charge is 0.466 e. The zero-order valence-electron chi connectivity index (χ0n) is 16.6. The van der Waals surface area contributed by atoms with E-state index in [0.717, 1.165) is 30.4 Å². The second-order valence-corrected chi connectivity index (χ2v) is 8.56. The Morgan fingerprint density at radius 1 is 0.964 bits per heavy atom. The molecule has 2 aromatic carbocycles. The minimum Gasteiger partial charge on any atom is -0.466 e. The van der Waals surface area contributed by atoms with Crippen molar-refractivity contribution in [3.8, 4) is 0 Å². The molecular weight excluding hydrogens is 374 g/mol. The lowest BCUT2D eigenvalue weighted by Crippen LogP contribution is -2.33. The Balaban J connectivity index is 2.22. The maximum Gasteiger partial charge on any atom is 0.307 e. The van der Waals surface area contributed by atoms with Crippen LogP contribution in [0.2, 0.25) is 0 Å². The van der Waals surface area contributed by atoms with E-state index in [0.29, 0.717) is 0 Å². The second-order valence-electron chi connectivity index (χ2n) is 6.63. The predicted molar refractivity (Wildman–Crippen MR) is 110 cm³/mol. The summed E-state index contributed by atoms with van der Waals surface area (Å²) in [5.41, 5.74) is 2.00. The first kappa shape index (κ1) is 22.1. The molecule has 6 heteroatoms. The molecule has 0 N–H and O–H groups in total. The van der Waals surface area contributed by atoms with E-state index in [9.17, 15) is 13.2 Å². The highest BCUT2D eigenvalue weighted by Crippen LogP contribution is 2.20. The molecule has 0 unspecified atom stereocenters. The van der Waals surface area contributed by atoms with Crippen LogP contribution in [0, 0.1) is 0 Å². The van der Waals surface area contributed by atoms with Crippen molar-refractivity contribution in [2.24, 2.45) is 0 Å². The van der Waals surface area contributed by atoms with Gasteiger partial charge < -0.3 is 4.74 Å². The molecule has 0 aliphatic heterocycles. The molecule has 0 radical (unpaired) electrons. The molecule has 28 heavy (non-hydrogen) atoms. The van der Waals surface area contributed by atoms with Crippen molar-refractivity contribution < 1.29 is 17.9 Å². The normalized spacial score (nSPS) is 11.5. The molecule has 2 rings (SSSR count). The molecule has 0 aliphatic carbocycles. The molecule has 0 saturated carbocycles. The number of hydrogen-bond acceptors (Lipinski definition) is 4. The topological polar surface area (TPSA) is 63.7 Å². The van der Waals surface area contributed by atoms with Crippen molar-refractivity contribution in [3.05, 3.63) is 65.7 Å². The van der Waals surface area contributed by atoms with Gasteiger partial charge in [0.1, 0.15) is 0 Å². The van der Waals surface area contributed by atoms with E-state index in [4.69, 9.17) is 4.74 Å². The van der Waals surface area contributed by atoms with Crippen molar-refractivity contribution >= 4 is 16.0 Å². The van der Waals surface area contributed by atoms with E-state index >= 15 is 0 Å². The van der Waals surface area contributed by atoms with Gasteiger partial charge in [-0.25, -0.2) is 8.42 Å². The average Bonchev–Trinajstić information content (AvgIpc) is 2.70. The summed E-state index contributed by atoms with van der Waals surface area (Å²) < 4.78 is 32.7. The predicted octanol–water partition coefficient (Wildman–Crippen LogP) is 4.17. The number of sulfonamides is 1. The van der Waals surface area contributed by atoms with Crippen molar-refractivity contribution in [1.82, 2.24) is 4.31 Å². The molecule has 0 aliphatic rings. The minimum absolute atomic E-state index is 0.0223. The Hall–Kier alpha value is -2.18. The van der Waals surface area contributed by atoms with Crippen LogP contribution in [0.4, 0.5) is 0 Å². The van der Waals surface area contributed by atoms with E-state index in [1.807, 2.05) is 42.5 Å². The van der Waals surface area contributed by atoms with Crippen molar-refractivity contribution in [1.29, 1.82) is 0 Å². The molecule has 0 saturated heterocycles. The van der Waals surface area contributed by atoms with E-state index in [2.05, 4.69) is 6.92 Å². The van der Waals surface area contributed by atoms with Crippen molar-refractivity contribution in [2.75, 3.05) is 13.2 Å². The summed E-state index contributed by atoms with van der Waals surface area (Å²) in [6, 6.07) is 16.4. The van der Waals surface area contributed by atoms with E-state index in [-0.39, 0.29) is 31.0 Å². The van der Waals surface area contributed by atoms with Crippen molar-refractivity contribution in [3.63, 3.8) is 0 Å². The van der Waals surface area contributed by atoms with Gasteiger partial charge in [0.25, 0.3) is 0 Å². The summed E-state index contributed by atoms with van der Waals surface area (Å²) in [5, 5.41) is 0. The monoisotopic (exact) mass is 403 g/mol. The van der Waals surface area contributed by atoms with Gasteiger partial charge >= 0.3 is 5.97 Å². The summed E-state index contributed by atoms with van der Waals surface area (Å²) in [4.78, 5) is 12.0. The molecule has 152 valence electrons. The van der Waals surface area contributed by atoms with E-state index in [1.54, 1.807) is 19.1 Å². The van der Waals surface area contributed by atoms with Crippen LogP contribution in [0.1, 0.15) is 44.2 Å². The Bertz CT molecular complexity index is 833. The number of carbonyl (C=O) groups excluding carboxylic acids is 1. The highest BCUT2D eigenvalue weighted by molar-refractivity contribution is 7.89. The summed E-state index contributed by atoms with van der Waals surface area (Å²) in [5.74, 6) is -0.398. The van der Waals surface area contributed by atoms with Gasteiger partial charge in [-0.15, -0.1) is 0 Å². The number of hydrogen-bond donors (Lipinski definition) is 0. The zero-order valence-corrected chi connectivity index (χ0v) is 17.5. The van der Waals surface area contributed by atoms with Gasteiger partial charge in [-0.2, -0.15) is 4.31 Å². The molecule has 5 nitrogen and oxygen atoms in total. The first-order valence-electron chi connectivity index (χ1n) is 9.76. The number of ether oxygens (including phenoxy) is 1.